The van der Waals surface area contributed by atoms with Gasteiger partial charge in [-0.3, -0.25) is 0 Å². The highest BCUT2D eigenvalue weighted by molar-refractivity contribution is 6.86. The Morgan fingerprint density at radius 3 is 2.15 bits per heavy atom. The number of hydrogen-bond acceptors (Lipinski definition) is 0. The number of benzene rings is 1. The molecule has 0 bridgehead atoms. The van der Waals surface area contributed by atoms with Crippen LogP contribution in [-0.4, -0.2) is 8.41 Å². The van der Waals surface area contributed by atoms with Gasteiger partial charge in [-0.2, -0.15) is 0 Å². The van der Waals surface area contributed by atoms with E-state index in [-0.39, 0.29) is 0 Å². The first-order chi connectivity index (χ1) is 6.31. The molecular weight excluding hydrogens is 179 g/mol. The Balaban J connectivity index is 2.23. The maximum Gasteiger partial charge on any atom is 0.277 e. The third-order valence-electron chi connectivity index (χ3n) is 2.94. The highest BCUT2D eigenvalue weighted by atomic mass is 28.4. The zero-order chi connectivity index (χ0) is 9.15. The summed E-state index contributed by atoms with van der Waals surface area (Å²) in [6, 6.07) is 11.5. The molecule has 0 radical (unpaired) electrons. The van der Waals surface area contributed by atoms with Gasteiger partial charge in [-0.05, 0) is 17.3 Å². The molecule has 0 aromatic heterocycles. The van der Waals surface area contributed by atoms with Crippen molar-refractivity contribution < 1.29 is 4.11 Å². The summed E-state index contributed by atoms with van der Waals surface area (Å²) in [4.78, 5) is 0. The molecule has 0 aliphatic carbocycles. The van der Waals surface area contributed by atoms with Crippen LogP contribution >= 0.6 is 0 Å². The summed E-state index contributed by atoms with van der Waals surface area (Å²) in [5.74, 6) is 0. The van der Waals surface area contributed by atoms with Gasteiger partial charge in [0.15, 0.2) is 0 Å². The van der Waals surface area contributed by atoms with Crippen molar-refractivity contribution in [3.63, 3.8) is 0 Å². The van der Waals surface area contributed by atoms with Crippen molar-refractivity contribution in [3.8, 4) is 0 Å². The van der Waals surface area contributed by atoms with Crippen LogP contribution < -0.4 is 5.19 Å². The normalized spacial score (nSPS) is 21.3. The third kappa shape index (κ3) is 1.83. The molecule has 1 heterocycles. The fourth-order valence-electron chi connectivity index (χ4n) is 2.14. The molecule has 2 heteroatoms. The van der Waals surface area contributed by atoms with E-state index in [2.05, 4.69) is 0 Å². The summed E-state index contributed by atoms with van der Waals surface area (Å²) in [5, 5.41) is 1.01. The zero-order valence-electron chi connectivity index (χ0n) is 7.80. The van der Waals surface area contributed by atoms with Gasteiger partial charge in [0, 0.05) is 0 Å². The standard InChI is InChI=1S/C11H15FSi/c12-13(9-5-2-6-10-13)11-7-3-1-4-8-11/h1,3-4,7-8H,2,5-6,9-10H2. The van der Waals surface area contributed by atoms with Crippen LogP contribution in [-0.2, 0) is 0 Å². The predicted molar refractivity (Wildman–Crippen MR) is 56.4 cm³/mol. The summed E-state index contributed by atoms with van der Waals surface area (Å²) in [5.41, 5.74) is 0. The van der Waals surface area contributed by atoms with Crippen LogP contribution in [0.2, 0.25) is 12.1 Å². The SMILES string of the molecule is F[Si]1(c2ccccc2)CCCCC1. The average Bonchev–Trinajstić information content (AvgIpc) is 2.20. The summed E-state index contributed by atoms with van der Waals surface area (Å²) < 4.78 is 14.4. The van der Waals surface area contributed by atoms with E-state index in [1.807, 2.05) is 30.3 Å². The first-order valence-electron chi connectivity index (χ1n) is 5.06. The van der Waals surface area contributed by atoms with Crippen LogP contribution in [0.15, 0.2) is 30.3 Å². The topological polar surface area (TPSA) is 0 Å². The molecule has 1 saturated heterocycles. The van der Waals surface area contributed by atoms with Gasteiger partial charge in [-0.15, -0.1) is 0 Å². The highest BCUT2D eigenvalue weighted by Crippen LogP contribution is 2.29. The minimum absolute atomic E-state index is 0.844. The predicted octanol–water partition coefficient (Wildman–Crippen LogP) is 2.99. The lowest BCUT2D eigenvalue weighted by Crippen LogP contribution is -2.44. The van der Waals surface area contributed by atoms with Crippen LogP contribution in [0.1, 0.15) is 19.3 Å². The van der Waals surface area contributed by atoms with E-state index in [1.165, 1.54) is 6.42 Å². The Hall–Kier alpha value is -0.633. The van der Waals surface area contributed by atoms with Crippen molar-refractivity contribution in [1.29, 1.82) is 0 Å². The summed E-state index contributed by atoms with van der Waals surface area (Å²) in [7, 11) is -2.51. The lowest BCUT2D eigenvalue weighted by atomic mass is 10.3. The molecule has 13 heavy (non-hydrogen) atoms. The van der Waals surface area contributed by atoms with Gasteiger partial charge >= 0.3 is 0 Å². The third-order valence-corrected chi connectivity index (χ3v) is 6.60. The fourth-order valence-corrected chi connectivity index (χ4v) is 5.38. The van der Waals surface area contributed by atoms with Gasteiger partial charge in [0.25, 0.3) is 8.41 Å². The van der Waals surface area contributed by atoms with E-state index in [0.717, 1.165) is 30.1 Å². The summed E-state index contributed by atoms with van der Waals surface area (Å²) >= 11 is 0. The van der Waals surface area contributed by atoms with Gasteiger partial charge in [0.05, 0.1) is 0 Å². The van der Waals surface area contributed by atoms with Crippen LogP contribution in [0, 0.1) is 0 Å². The Labute approximate surface area is 80.0 Å². The van der Waals surface area contributed by atoms with E-state index >= 15 is 0 Å². The second-order valence-electron chi connectivity index (χ2n) is 3.89. The molecule has 0 nitrogen and oxygen atoms in total. The molecular formula is C11H15FSi. The van der Waals surface area contributed by atoms with Crippen molar-refractivity contribution in [2.24, 2.45) is 0 Å². The number of halogens is 1. The van der Waals surface area contributed by atoms with Gasteiger partial charge in [-0.25, -0.2) is 0 Å². The molecule has 2 rings (SSSR count). The largest absolute Gasteiger partial charge is 0.308 e. The van der Waals surface area contributed by atoms with Crippen LogP contribution in [0.3, 0.4) is 0 Å². The van der Waals surface area contributed by atoms with Gasteiger partial charge < -0.3 is 4.11 Å². The first kappa shape index (κ1) is 8.94. The maximum atomic E-state index is 14.4. The molecule has 0 N–H and O–H groups in total. The van der Waals surface area contributed by atoms with E-state index in [4.69, 9.17) is 0 Å². The zero-order valence-corrected chi connectivity index (χ0v) is 8.80. The Kier molecular flexibility index (Phi) is 2.49. The van der Waals surface area contributed by atoms with Crippen molar-refractivity contribution in [3.05, 3.63) is 30.3 Å². The first-order valence-corrected chi connectivity index (χ1v) is 7.35. The molecule has 70 valence electrons. The van der Waals surface area contributed by atoms with E-state index < -0.39 is 8.41 Å². The number of rotatable bonds is 1. The molecule has 0 saturated carbocycles. The Bertz CT molecular complexity index is 265. The van der Waals surface area contributed by atoms with Crippen LogP contribution in [0.4, 0.5) is 4.11 Å². The minimum atomic E-state index is -2.51. The molecule has 1 aliphatic rings. The Morgan fingerprint density at radius 2 is 1.54 bits per heavy atom. The Morgan fingerprint density at radius 1 is 0.923 bits per heavy atom. The van der Waals surface area contributed by atoms with Crippen molar-refractivity contribution in [2.45, 2.75) is 31.4 Å². The molecule has 1 aliphatic heterocycles. The second kappa shape index (κ2) is 3.62. The molecule has 0 atom stereocenters. The van der Waals surface area contributed by atoms with Crippen molar-refractivity contribution in [2.75, 3.05) is 0 Å². The summed E-state index contributed by atoms with van der Waals surface area (Å²) in [6.07, 6.45) is 3.42. The monoisotopic (exact) mass is 194 g/mol. The van der Waals surface area contributed by atoms with E-state index in [1.54, 1.807) is 0 Å². The minimum Gasteiger partial charge on any atom is -0.308 e. The van der Waals surface area contributed by atoms with Gasteiger partial charge in [-0.1, -0.05) is 49.6 Å². The number of hydrogen-bond donors (Lipinski definition) is 0. The highest BCUT2D eigenvalue weighted by Gasteiger charge is 2.37. The van der Waals surface area contributed by atoms with Crippen LogP contribution in [0.25, 0.3) is 0 Å². The second-order valence-corrected chi connectivity index (χ2v) is 7.40. The maximum absolute atomic E-state index is 14.4. The fraction of sp³-hybridized carbons (Fsp3) is 0.455. The average molecular weight is 194 g/mol. The van der Waals surface area contributed by atoms with E-state index in [0.29, 0.717) is 0 Å². The van der Waals surface area contributed by atoms with Gasteiger partial charge in [0.1, 0.15) is 0 Å². The summed E-state index contributed by atoms with van der Waals surface area (Å²) in [6.45, 7) is 0. The molecule has 0 amide bonds. The smallest absolute Gasteiger partial charge is 0.277 e. The lowest BCUT2D eigenvalue weighted by Gasteiger charge is -2.26. The van der Waals surface area contributed by atoms with Gasteiger partial charge in [0.2, 0.25) is 0 Å². The van der Waals surface area contributed by atoms with Crippen LogP contribution in [0.5, 0.6) is 0 Å². The molecule has 1 fully saturated rings. The molecule has 1 aromatic rings. The molecule has 0 unspecified atom stereocenters. The quantitative estimate of drug-likeness (QED) is 0.476. The molecule has 1 aromatic carbocycles. The van der Waals surface area contributed by atoms with Crippen molar-refractivity contribution in [1.82, 2.24) is 0 Å². The lowest BCUT2D eigenvalue weighted by molar-refractivity contribution is 0.646. The van der Waals surface area contributed by atoms with Crippen molar-refractivity contribution >= 4 is 13.6 Å². The van der Waals surface area contributed by atoms with E-state index in [9.17, 15) is 4.11 Å². The molecule has 0 spiro atoms.